The lowest BCUT2D eigenvalue weighted by Gasteiger charge is -2.14. The van der Waals surface area contributed by atoms with Crippen LogP contribution in [-0.2, 0) is 0 Å². The number of rotatable bonds is 3. The first kappa shape index (κ1) is 15.9. The van der Waals surface area contributed by atoms with Crippen molar-refractivity contribution in [2.45, 2.75) is 13.0 Å². The number of β-amino-alcohol motifs (C(OH)–C–C–N with tert-alkyl or cyclic N) is 1. The molecule has 2 rings (SSSR count). The molecule has 1 amide bonds. The number of aliphatic hydroxyl groups is 1. The largest absolute Gasteiger partial charge is 0.391 e. The summed E-state index contributed by atoms with van der Waals surface area (Å²) in [5, 5.41) is 15.3. The first-order valence-electron chi connectivity index (χ1n) is 6.00. The molecule has 2 unspecified atom stereocenters. The highest BCUT2D eigenvalue weighted by molar-refractivity contribution is 5.94. The van der Waals surface area contributed by atoms with Gasteiger partial charge in [-0.15, -0.1) is 12.4 Å². The summed E-state index contributed by atoms with van der Waals surface area (Å²) in [6.07, 6.45) is -0.431. The van der Waals surface area contributed by atoms with Gasteiger partial charge in [0.05, 0.1) is 6.10 Å². The van der Waals surface area contributed by atoms with Gasteiger partial charge in [0, 0.05) is 31.1 Å². The van der Waals surface area contributed by atoms with E-state index in [-0.39, 0.29) is 24.2 Å². The van der Waals surface area contributed by atoms with Crippen molar-refractivity contribution >= 4 is 18.3 Å². The van der Waals surface area contributed by atoms with Crippen LogP contribution in [0.2, 0.25) is 0 Å². The molecule has 0 radical (unpaired) electrons. The number of hydrogen-bond acceptors (Lipinski definition) is 3. The molecule has 0 aromatic heterocycles. The molecule has 1 aliphatic rings. The zero-order valence-corrected chi connectivity index (χ0v) is 11.5. The first-order chi connectivity index (χ1) is 8.56. The summed E-state index contributed by atoms with van der Waals surface area (Å²) in [7, 11) is 0. The number of carbonyl (C=O) groups is 1. The molecule has 1 aliphatic heterocycles. The Morgan fingerprint density at radius 3 is 2.79 bits per heavy atom. The predicted octanol–water partition coefficient (Wildman–Crippen LogP) is 0.866. The van der Waals surface area contributed by atoms with Gasteiger partial charge in [-0.25, -0.2) is 4.39 Å². The Bertz CT molecular complexity index is 436. The molecule has 19 heavy (non-hydrogen) atoms. The smallest absolute Gasteiger partial charge is 0.251 e. The molecule has 3 N–H and O–H groups in total. The average Bonchev–Trinajstić information content (AvgIpc) is 2.70. The van der Waals surface area contributed by atoms with Crippen LogP contribution in [0.5, 0.6) is 0 Å². The van der Waals surface area contributed by atoms with Crippen LogP contribution in [0.15, 0.2) is 18.2 Å². The Hall–Kier alpha value is -1.17. The average molecular weight is 289 g/mol. The van der Waals surface area contributed by atoms with E-state index in [2.05, 4.69) is 10.6 Å². The maximum atomic E-state index is 13.2. The fourth-order valence-electron chi connectivity index (χ4n) is 2.12. The standard InChI is InChI=1S/C13H17FN2O2.ClH/c1-8-2-9(4-11(14)3-8)13(18)16-6-10-5-15-7-12(10)17;/h2-4,10,12,15,17H,5-7H2,1H3,(H,16,18);1H. The van der Waals surface area contributed by atoms with Gasteiger partial charge in [-0.1, -0.05) is 0 Å². The fourth-order valence-corrected chi connectivity index (χ4v) is 2.12. The van der Waals surface area contributed by atoms with Crippen molar-refractivity contribution in [1.82, 2.24) is 10.6 Å². The lowest BCUT2D eigenvalue weighted by Crippen LogP contribution is -2.34. The topological polar surface area (TPSA) is 61.4 Å². The van der Waals surface area contributed by atoms with Gasteiger partial charge in [0.1, 0.15) is 5.82 Å². The molecule has 106 valence electrons. The Balaban J connectivity index is 0.00000180. The number of amides is 1. The Morgan fingerprint density at radius 1 is 1.47 bits per heavy atom. The Labute approximate surface area is 117 Å². The van der Waals surface area contributed by atoms with Gasteiger partial charge in [0.25, 0.3) is 5.91 Å². The zero-order chi connectivity index (χ0) is 13.1. The van der Waals surface area contributed by atoms with Gasteiger partial charge in [0.2, 0.25) is 0 Å². The van der Waals surface area contributed by atoms with Crippen LogP contribution in [0.3, 0.4) is 0 Å². The number of aliphatic hydroxyl groups excluding tert-OH is 1. The van der Waals surface area contributed by atoms with E-state index in [4.69, 9.17) is 0 Å². The van der Waals surface area contributed by atoms with Crippen molar-refractivity contribution in [1.29, 1.82) is 0 Å². The minimum absolute atomic E-state index is 0. The van der Waals surface area contributed by atoms with Crippen molar-refractivity contribution in [3.63, 3.8) is 0 Å². The SMILES string of the molecule is Cc1cc(F)cc(C(=O)NCC2CNCC2O)c1.Cl. The number of aryl methyl sites for hydroxylation is 1. The minimum Gasteiger partial charge on any atom is -0.391 e. The van der Waals surface area contributed by atoms with Crippen LogP contribution in [0.25, 0.3) is 0 Å². The third-order valence-corrected chi connectivity index (χ3v) is 3.13. The summed E-state index contributed by atoms with van der Waals surface area (Å²) < 4.78 is 13.2. The molecule has 1 aromatic rings. The molecule has 0 aliphatic carbocycles. The van der Waals surface area contributed by atoms with Crippen LogP contribution >= 0.6 is 12.4 Å². The maximum Gasteiger partial charge on any atom is 0.251 e. The highest BCUT2D eigenvalue weighted by atomic mass is 35.5. The van der Waals surface area contributed by atoms with Gasteiger partial charge in [-0.2, -0.15) is 0 Å². The van der Waals surface area contributed by atoms with Crippen LogP contribution in [0, 0.1) is 18.7 Å². The number of nitrogens with one attached hydrogen (secondary N) is 2. The molecule has 4 nitrogen and oxygen atoms in total. The summed E-state index contributed by atoms with van der Waals surface area (Å²) in [5.74, 6) is -0.706. The summed E-state index contributed by atoms with van der Waals surface area (Å²) in [6.45, 7) is 3.37. The second kappa shape index (κ2) is 6.84. The monoisotopic (exact) mass is 288 g/mol. The van der Waals surface area contributed by atoms with E-state index in [0.717, 1.165) is 0 Å². The van der Waals surface area contributed by atoms with Gasteiger partial charge >= 0.3 is 0 Å². The molecule has 1 heterocycles. The van der Waals surface area contributed by atoms with E-state index >= 15 is 0 Å². The van der Waals surface area contributed by atoms with Crippen molar-refractivity contribution < 1.29 is 14.3 Å². The molecular weight excluding hydrogens is 271 g/mol. The van der Waals surface area contributed by atoms with Crippen molar-refractivity contribution in [2.75, 3.05) is 19.6 Å². The van der Waals surface area contributed by atoms with E-state index in [1.54, 1.807) is 13.0 Å². The molecule has 1 saturated heterocycles. The van der Waals surface area contributed by atoms with Crippen LogP contribution in [0.1, 0.15) is 15.9 Å². The second-order valence-electron chi connectivity index (χ2n) is 4.71. The van der Waals surface area contributed by atoms with E-state index in [1.807, 2.05) is 0 Å². The fraction of sp³-hybridized carbons (Fsp3) is 0.462. The van der Waals surface area contributed by atoms with E-state index < -0.39 is 11.9 Å². The zero-order valence-electron chi connectivity index (χ0n) is 10.6. The summed E-state index contributed by atoms with van der Waals surface area (Å²) >= 11 is 0. The van der Waals surface area contributed by atoms with Gasteiger partial charge in [-0.05, 0) is 30.7 Å². The van der Waals surface area contributed by atoms with Gasteiger partial charge in [-0.3, -0.25) is 4.79 Å². The molecule has 0 spiro atoms. The number of carbonyl (C=O) groups excluding carboxylic acids is 1. The summed E-state index contributed by atoms with van der Waals surface area (Å²) in [6, 6.07) is 4.23. The van der Waals surface area contributed by atoms with Gasteiger partial charge in [0.15, 0.2) is 0 Å². The van der Waals surface area contributed by atoms with E-state index in [9.17, 15) is 14.3 Å². The molecule has 1 fully saturated rings. The van der Waals surface area contributed by atoms with Crippen LogP contribution in [-0.4, -0.2) is 36.8 Å². The maximum absolute atomic E-state index is 13.2. The third-order valence-electron chi connectivity index (χ3n) is 3.13. The molecule has 2 atom stereocenters. The number of halogens is 2. The van der Waals surface area contributed by atoms with Crippen molar-refractivity contribution in [2.24, 2.45) is 5.92 Å². The van der Waals surface area contributed by atoms with Crippen molar-refractivity contribution in [3.8, 4) is 0 Å². The molecule has 6 heteroatoms. The Morgan fingerprint density at radius 2 is 2.21 bits per heavy atom. The van der Waals surface area contributed by atoms with Crippen LogP contribution < -0.4 is 10.6 Å². The van der Waals surface area contributed by atoms with Crippen molar-refractivity contribution in [3.05, 3.63) is 35.1 Å². The molecule has 1 aromatic carbocycles. The number of benzene rings is 1. The molecule has 0 saturated carbocycles. The summed E-state index contributed by atoms with van der Waals surface area (Å²) in [4.78, 5) is 11.8. The first-order valence-corrected chi connectivity index (χ1v) is 6.00. The Kier molecular flexibility index (Phi) is 5.72. The molecular formula is C13H18ClFN2O2. The van der Waals surface area contributed by atoms with E-state index in [1.165, 1.54) is 12.1 Å². The second-order valence-corrected chi connectivity index (χ2v) is 4.71. The van der Waals surface area contributed by atoms with Gasteiger partial charge < -0.3 is 15.7 Å². The lowest BCUT2D eigenvalue weighted by atomic mass is 10.1. The third kappa shape index (κ3) is 4.16. The van der Waals surface area contributed by atoms with E-state index in [0.29, 0.717) is 30.8 Å². The normalized spacial score (nSPS) is 21.8. The minimum atomic E-state index is -0.431. The highest BCUT2D eigenvalue weighted by Gasteiger charge is 2.25. The lowest BCUT2D eigenvalue weighted by molar-refractivity contribution is 0.0926. The predicted molar refractivity (Wildman–Crippen MR) is 73.1 cm³/mol. The summed E-state index contributed by atoms with van der Waals surface area (Å²) in [5.41, 5.74) is 1.02. The molecule has 0 bridgehead atoms. The quantitative estimate of drug-likeness (QED) is 0.773. The number of hydrogen-bond donors (Lipinski definition) is 3. The highest BCUT2D eigenvalue weighted by Crippen LogP contribution is 2.10. The van der Waals surface area contributed by atoms with Crippen LogP contribution in [0.4, 0.5) is 4.39 Å².